The lowest BCUT2D eigenvalue weighted by atomic mass is 9.69. The third-order valence-corrected chi connectivity index (χ3v) is 3.16. The number of nitriles is 1. The summed E-state index contributed by atoms with van der Waals surface area (Å²) in [5, 5.41) is 9.10. The summed E-state index contributed by atoms with van der Waals surface area (Å²) in [5.74, 6) is -0.669. The van der Waals surface area contributed by atoms with Crippen LogP contribution in [-0.4, -0.2) is 37.0 Å². The molecule has 0 N–H and O–H groups in total. The van der Waals surface area contributed by atoms with Crippen LogP contribution in [0.4, 0.5) is 0 Å². The van der Waals surface area contributed by atoms with Crippen LogP contribution in [0, 0.1) is 16.7 Å². The predicted octanol–water partition coefficient (Wildman–Crippen LogP) is 1.09. The summed E-state index contributed by atoms with van der Waals surface area (Å²) in [5.41, 5.74) is -0.886. The Balaban J connectivity index is 2.73. The van der Waals surface area contributed by atoms with Gasteiger partial charge in [0.15, 0.2) is 0 Å². The smallest absolute Gasteiger partial charge is 0.325 e. The molecular formula is C12H18N2O3. The van der Waals surface area contributed by atoms with Crippen LogP contribution < -0.4 is 0 Å². The van der Waals surface area contributed by atoms with Crippen LogP contribution in [0.3, 0.4) is 0 Å². The van der Waals surface area contributed by atoms with E-state index in [2.05, 4.69) is 10.8 Å². The van der Waals surface area contributed by atoms with E-state index < -0.39 is 11.4 Å². The summed E-state index contributed by atoms with van der Waals surface area (Å²) in [6, 6.07) is 2.10. The molecule has 0 aromatic rings. The first-order valence-electron chi connectivity index (χ1n) is 5.87. The average Bonchev–Trinajstić information content (AvgIpc) is 2.27. The fourth-order valence-corrected chi connectivity index (χ4v) is 1.95. The zero-order valence-corrected chi connectivity index (χ0v) is 10.4. The maximum atomic E-state index is 12.2. The fraction of sp³-hybridized carbons (Fsp3) is 0.750. The number of esters is 1. The summed E-state index contributed by atoms with van der Waals surface area (Å²) >= 11 is 0. The SMILES string of the molecule is CCCN(CC(=O)OC)C(=O)C1(C#N)CCC1. The number of hydrogen-bond acceptors (Lipinski definition) is 4. The Labute approximate surface area is 101 Å². The normalized spacial score (nSPS) is 16.5. The van der Waals surface area contributed by atoms with Gasteiger partial charge in [-0.05, 0) is 25.7 Å². The molecule has 1 rings (SSSR count). The molecule has 17 heavy (non-hydrogen) atoms. The number of nitrogens with zero attached hydrogens (tertiary/aromatic N) is 2. The van der Waals surface area contributed by atoms with Crippen LogP contribution in [0.2, 0.25) is 0 Å². The third-order valence-electron chi connectivity index (χ3n) is 3.16. The lowest BCUT2D eigenvalue weighted by Crippen LogP contribution is -2.49. The van der Waals surface area contributed by atoms with Crippen molar-refractivity contribution in [2.75, 3.05) is 20.2 Å². The fourth-order valence-electron chi connectivity index (χ4n) is 1.95. The number of ether oxygens (including phenoxy) is 1. The molecule has 0 aromatic heterocycles. The van der Waals surface area contributed by atoms with Crippen molar-refractivity contribution < 1.29 is 14.3 Å². The van der Waals surface area contributed by atoms with Gasteiger partial charge in [-0.25, -0.2) is 0 Å². The van der Waals surface area contributed by atoms with Crippen LogP contribution >= 0.6 is 0 Å². The second-order valence-electron chi connectivity index (χ2n) is 4.35. The molecule has 0 unspecified atom stereocenters. The highest BCUT2D eigenvalue weighted by molar-refractivity contribution is 5.89. The van der Waals surface area contributed by atoms with Crippen LogP contribution in [0.25, 0.3) is 0 Å². The van der Waals surface area contributed by atoms with Gasteiger partial charge in [0, 0.05) is 6.54 Å². The van der Waals surface area contributed by atoms with E-state index in [9.17, 15) is 9.59 Å². The van der Waals surface area contributed by atoms with Crippen molar-refractivity contribution in [3.8, 4) is 6.07 Å². The molecule has 1 amide bonds. The van der Waals surface area contributed by atoms with E-state index in [0.717, 1.165) is 12.8 Å². The maximum absolute atomic E-state index is 12.2. The van der Waals surface area contributed by atoms with Gasteiger partial charge in [0.05, 0.1) is 13.2 Å². The maximum Gasteiger partial charge on any atom is 0.325 e. The second-order valence-corrected chi connectivity index (χ2v) is 4.35. The van der Waals surface area contributed by atoms with Gasteiger partial charge in [-0.2, -0.15) is 5.26 Å². The van der Waals surface area contributed by atoms with Crippen LogP contribution in [0.5, 0.6) is 0 Å². The van der Waals surface area contributed by atoms with E-state index in [0.29, 0.717) is 19.4 Å². The summed E-state index contributed by atoms with van der Waals surface area (Å²) in [6.07, 6.45) is 2.86. The Kier molecular flexibility index (Phi) is 4.50. The molecule has 0 aromatic carbocycles. The van der Waals surface area contributed by atoms with Crippen molar-refractivity contribution in [2.24, 2.45) is 5.41 Å². The van der Waals surface area contributed by atoms with Gasteiger partial charge in [0.2, 0.25) is 5.91 Å². The first-order valence-corrected chi connectivity index (χ1v) is 5.87. The average molecular weight is 238 g/mol. The number of carbonyl (C=O) groups is 2. The Morgan fingerprint density at radius 3 is 2.47 bits per heavy atom. The zero-order chi connectivity index (χ0) is 12.9. The molecule has 1 fully saturated rings. The first-order chi connectivity index (χ1) is 8.09. The summed E-state index contributed by atoms with van der Waals surface area (Å²) < 4.78 is 4.56. The molecule has 0 saturated heterocycles. The summed E-state index contributed by atoms with van der Waals surface area (Å²) in [6.45, 7) is 2.35. The topological polar surface area (TPSA) is 70.4 Å². The Morgan fingerprint density at radius 2 is 2.12 bits per heavy atom. The summed E-state index contributed by atoms with van der Waals surface area (Å²) in [4.78, 5) is 24.9. The largest absolute Gasteiger partial charge is 0.468 e. The molecule has 0 heterocycles. The summed E-state index contributed by atoms with van der Waals surface area (Å²) in [7, 11) is 1.29. The van der Waals surface area contributed by atoms with Gasteiger partial charge in [0.1, 0.15) is 12.0 Å². The molecule has 0 spiro atoms. The van der Waals surface area contributed by atoms with E-state index in [1.807, 2.05) is 6.92 Å². The lowest BCUT2D eigenvalue weighted by Gasteiger charge is -2.37. The molecule has 5 heteroatoms. The van der Waals surface area contributed by atoms with Gasteiger partial charge in [-0.1, -0.05) is 6.92 Å². The van der Waals surface area contributed by atoms with Crippen molar-refractivity contribution in [3.05, 3.63) is 0 Å². The van der Waals surface area contributed by atoms with Gasteiger partial charge >= 0.3 is 5.97 Å². The van der Waals surface area contributed by atoms with Gasteiger partial charge in [-0.15, -0.1) is 0 Å². The number of amides is 1. The molecule has 1 aliphatic carbocycles. The van der Waals surface area contributed by atoms with E-state index in [4.69, 9.17) is 5.26 Å². The van der Waals surface area contributed by atoms with E-state index in [-0.39, 0.29) is 12.5 Å². The highest BCUT2D eigenvalue weighted by atomic mass is 16.5. The number of hydrogen-bond donors (Lipinski definition) is 0. The predicted molar refractivity (Wildman–Crippen MR) is 60.8 cm³/mol. The van der Waals surface area contributed by atoms with E-state index >= 15 is 0 Å². The Bertz CT molecular complexity index is 342. The molecule has 1 aliphatic rings. The lowest BCUT2D eigenvalue weighted by molar-refractivity contribution is -0.152. The number of rotatable bonds is 5. The molecule has 0 radical (unpaired) electrons. The van der Waals surface area contributed by atoms with Gasteiger partial charge in [0.25, 0.3) is 0 Å². The zero-order valence-electron chi connectivity index (χ0n) is 10.4. The van der Waals surface area contributed by atoms with Crippen LogP contribution in [0.1, 0.15) is 32.6 Å². The van der Waals surface area contributed by atoms with E-state index in [1.165, 1.54) is 12.0 Å². The van der Waals surface area contributed by atoms with Gasteiger partial charge in [-0.3, -0.25) is 9.59 Å². The number of methoxy groups -OCH3 is 1. The number of carbonyl (C=O) groups excluding carboxylic acids is 2. The van der Waals surface area contributed by atoms with Crippen molar-refractivity contribution in [1.82, 2.24) is 4.90 Å². The molecule has 0 bridgehead atoms. The first kappa shape index (κ1) is 13.5. The molecule has 0 aliphatic heterocycles. The van der Waals surface area contributed by atoms with Crippen molar-refractivity contribution in [2.45, 2.75) is 32.6 Å². The Hall–Kier alpha value is -1.57. The highest BCUT2D eigenvalue weighted by Gasteiger charge is 2.47. The standard InChI is InChI=1S/C12H18N2O3/c1-3-7-14(8-10(15)17-2)11(16)12(9-13)5-4-6-12/h3-8H2,1-2H3. The Morgan fingerprint density at radius 1 is 1.47 bits per heavy atom. The minimum Gasteiger partial charge on any atom is -0.468 e. The highest BCUT2D eigenvalue weighted by Crippen LogP contribution is 2.41. The molecular weight excluding hydrogens is 220 g/mol. The molecule has 94 valence electrons. The van der Waals surface area contributed by atoms with Crippen molar-refractivity contribution in [1.29, 1.82) is 5.26 Å². The molecule has 1 saturated carbocycles. The van der Waals surface area contributed by atoms with E-state index in [1.54, 1.807) is 0 Å². The second kappa shape index (κ2) is 5.67. The minimum atomic E-state index is -0.886. The quantitative estimate of drug-likeness (QED) is 0.672. The van der Waals surface area contributed by atoms with Crippen LogP contribution in [-0.2, 0) is 14.3 Å². The monoisotopic (exact) mass is 238 g/mol. The molecule has 0 atom stereocenters. The van der Waals surface area contributed by atoms with Crippen molar-refractivity contribution in [3.63, 3.8) is 0 Å². The van der Waals surface area contributed by atoms with Gasteiger partial charge < -0.3 is 9.64 Å². The molecule has 5 nitrogen and oxygen atoms in total. The van der Waals surface area contributed by atoms with Crippen molar-refractivity contribution >= 4 is 11.9 Å². The van der Waals surface area contributed by atoms with Crippen LogP contribution in [0.15, 0.2) is 0 Å². The third kappa shape index (κ3) is 2.76. The minimum absolute atomic E-state index is 0.0629.